The van der Waals surface area contributed by atoms with Gasteiger partial charge in [-0.25, -0.2) is 4.79 Å². The minimum atomic E-state index is -0.558. The molecule has 0 radical (unpaired) electrons. The van der Waals surface area contributed by atoms with Crippen LogP contribution in [0.5, 0.6) is 0 Å². The number of hydrogen-bond donors (Lipinski definition) is 0. The minimum Gasteiger partial charge on any atom is -0.452 e. The number of rotatable bonds is 5. The van der Waals surface area contributed by atoms with Crippen molar-refractivity contribution in [1.29, 1.82) is 0 Å². The van der Waals surface area contributed by atoms with Crippen LogP contribution in [0.2, 0.25) is 0 Å². The molecule has 0 aliphatic carbocycles. The highest BCUT2D eigenvalue weighted by Crippen LogP contribution is 2.18. The van der Waals surface area contributed by atoms with Crippen LogP contribution in [0.25, 0.3) is 5.65 Å². The molecule has 7 nitrogen and oxygen atoms in total. The second kappa shape index (κ2) is 7.80. The zero-order chi connectivity index (χ0) is 20.3. The number of aromatic nitrogens is 3. The van der Waals surface area contributed by atoms with Gasteiger partial charge in [-0.3, -0.25) is 9.20 Å². The van der Waals surface area contributed by atoms with Gasteiger partial charge >= 0.3 is 5.97 Å². The summed E-state index contributed by atoms with van der Waals surface area (Å²) in [6.45, 7) is 7.80. The summed E-state index contributed by atoms with van der Waals surface area (Å²) in [7, 11) is 0. The lowest BCUT2D eigenvalue weighted by Gasteiger charge is -2.35. The summed E-state index contributed by atoms with van der Waals surface area (Å²) < 4.78 is 6.99. The third-order valence-electron chi connectivity index (χ3n) is 4.43. The Bertz CT molecular complexity index is 990. The molecular formula is C21H24N4O3. The molecule has 0 bridgehead atoms. The van der Waals surface area contributed by atoms with E-state index < -0.39 is 11.5 Å². The fourth-order valence-electron chi connectivity index (χ4n) is 2.88. The Morgan fingerprint density at radius 2 is 1.79 bits per heavy atom. The summed E-state index contributed by atoms with van der Waals surface area (Å²) >= 11 is 0. The molecule has 146 valence electrons. The smallest absolute Gasteiger partial charge is 0.340 e. The molecule has 0 atom stereocenters. The average molecular weight is 380 g/mol. The highest BCUT2D eigenvalue weighted by atomic mass is 16.5. The number of amides is 1. The lowest BCUT2D eigenvalue weighted by atomic mass is 10.0. The summed E-state index contributed by atoms with van der Waals surface area (Å²) in [5.74, 6) is -0.134. The van der Waals surface area contributed by atoms with E-state index in [0.29, 0.717) is 23.6 Å². The van der Waals surface area contributed by atoms with Crippen LogP contribution in [-0.2, 0) is 16.1 Å². The lowest BCUT2D eigenvalue weighted by Crippen LogP contribution is -2.46. The van der Waals surface area contributed by atoms with Crippen molar-refractivity contribution < 1.29 is 14.3 Å². The van der Waals surface area contributed by atoms with Crippen molar-refractivity contribution in [3.63, 3.8) is 0 Å². The highest BCUT2D eigenvalue weighted by molar-refractivity contribution is 5.91. The van der Waals surface area contributed by atoms with E-state index in [9.17, 15) is 9.59 Å². The third-order valence-corrected chi connectivity index (χ3v) is 4.43. The standard InChI is InChI=1S/C21H24N4O3/c1-15-22-23-18-11-10-17(13-24(15)18)20(27)28-14-19(26)25(21(2,3)4)12-16-8-6-5-7-9-16/h5-11,13H,12,14H2,1-4H3. The van der Waals surface area contributed by atoms with Gasteiger partial charge < -0.3 is 9.64 Å². The topological polar surface area (TPSA) is 76.8 Å². The van der Waals surface area contributed by atoms with Gasteiger partial charge in [-0.15, -0.1) is 10.2 Å². The molecule has 3 aromatic rings. The van der Waals surface area contributed by atoms with Crippen molar-refractivity contribution in [3.8, 4) is 0 Å². The molecule has 0 unspecified atom stereocenters. The van der Waals surface area contributed by atoms with E-state index >= 15 is 0 Å². The zero-order valence-electron chi connectivity index (χ0n) is 16.5. The molecule has 0 saturated carbocycles. The van der Waals surface area contributed by atoms with Gasteiger partial charge in [0.2, 0.25) is 0 Å². The molecule has 7 heteroatoms. The van der Waals surface area contributed by atoms with Crippen molar-refractivity contribution >= 4 is 17.5 Å². The number of carbonyl (C=O) groups is 2. The second-order valence-corrected chi connectivity index (χ2v) is 7.61. The molecule has 0 aliphatic rings. The minimum absolute atomic E-state index is 0.244. The first-order valence-corrected chi connectivity index (χ1v) is 9.08. The molecule has 2 heterocycles. The first-order chi connectivity index (χ1) is 13.3. The molecule has 0 saturated heterocycles. The highest BCUT2D eigenvalue weighted by Gasteiger charge is 2.27. The van der Waals surface area contributed by atoms with Crippen LogP contribution in [-0.4, -0.2) is 43.5 Å². The normalized spacial score (nSPS) is 11.4. The van der Waals surface area contributed by atoms with Gasteiger partial charge in [-0.1, -0.05) is 30.3 Å². The van der Waals surface area contributed by atoms with Crippen molar-refractivity contribution in [3.05, 3.63) is 65.6 Å². The van der Waals surface area contributed by atoms with Crippen LogP contribution in [0.15, 0.2) is 48.7 Å². The van der Waals surface area contributed by atoms with E-state index in [1.54, 1.807) is 34.6 Å². The maximum atomic E-state index is 12.8. The fraction of sp³-hybridized carbons (Fsp3) is 0.333. The summed E-state index contributed by atoms with van der Waals surface area (Å²) in [5.41, 5.74) is 1.60. The van der Waals surface area contributed by atoms with Gasteiger partial charge in [0, 0.05) is 18.3 Å². The van der Waals surface area contributed by atoms with E-state index in [0.717, 1.165) is 5.56 Å². The largest absolute Gasteiger partial charge is 0.452 e. The van der Waals surface area contributed by atoms with Gasteiger partial charge in [0.05, 0.1) is 5.56 Å². The van der Waals surface area contributed by atoms with Gasteiger partial charge in [0.1, 0.15) is 5.82 Å². The molecule has 0 N–H and O–H groups in total. The molecular weight excluding hydrogens is 356 g/mol. The Labute approximate surface area is 163 Å². The molecule has 0 aliphatic heterocycles. The number of nitrogens with zero attached hydrogens (tertiary/aromatic N) is 4. The molecule has 28 heavy (non-hydrogen) atoms. The number of benzene rings is 1. The summed E-state index contributed by atoms with van der Waals surface area (Å²) in [6.07, 6.45) is 1.61. The van der Waals surface area contributed by atoms with Crippen LogP contribution in [0, 0.1) is 6.92 Å². The first-order valence-electron chi connectivity index (χ1n) is 9.08. The second-order valence-electron chi connectivity index (χ2n) is 7.61. The number of hydrogen-bond acceptors (Lipinski definition) is 5. The predicted molar refractivity (Wildman–Crippen MR) is 105 cm³/mol. The van der Waals surface area contributed by atoms with Crippen LogP contribution in [0.1, 0.15) is 42.5 Å². The van der Waals surface area contributed by atoms with Crippen LogP contribution >= 0.6 is 0 Å². The Balaban J connectivity index is 1.69. The quantitative estimate of drug-likeness (QED) is 0.636. The predicted octanol–water partition coefficient (Wildman–Crippen LogP) is 3.02. The first kappa shape index (κ1) is 19.5. The van der Waals surface area contributed by atoms with Gasteiger partial charge in [-0.05, 0) is 45.4 Å². The maximum absolute atomic E-state index is 12.8. The fourth-order valence-corrected chi connectivity index (χ4v) is 2.88. The number of pyridine rings is 1. The monoisotopic (exact) mass is 380 g/mol. The average Bonchev–Trinajstić information content (AvgIpc) is 3.04. The van der Waals surface area contributed by atoms with Crippen molar-refractivity contribution in [2.45, 2.75) is 39.8 Å². The Kier molecular flexibility index (Phi) is 5.44. The Morgan fingerprint density at radius 3 is 2.46 bits per heavy atom. The third kappa shape index (κ3) is 4.36. The van der Waals surface area contributed by atoms with Gasteiger partial charge in [-0.2, -0.15) is 0 Å². The van der Waals surface area contributed by atoms with Crippen molar-refractivity contribution in [1.82, 2.24) is 19.5 Å². The van der Waals surface area contributed by atoms with E-state index in [2.05, 4.69) is 10.2 Å². The van der Waals surface area contributed by atoms with E-state index in [4.69, 9.17) is 4.74 Å². The van der Waals surface area contributed by atoms with Crippen LogP contribution < -0.4 is 0 Å². The molecule has 0 fully saturated rings. The zero-order valence-corrected chi connectivity index (χ0v) is 16.5. The summed E-state index contributed by atoms with van der Waals surface area (Å²) in [4.78, 5) is 26.9. The Morgan fingerprint density at radius 1 is 1.07 bits per heavy atom. The molecule has 3 rings (SSSR count). The lowest BCUT2D eigenvalue weighted by molar-refractivity contribution is -0.140. The van der Waals surface area contributed by atoms with E-state index in [1.807, 2.05) is 51.1 Å². The number of esters is 1. The van der Waals surface area contributed by atoms with Crippen molar-refractivity contribution in [2.24, 2.45) is 0 Å². The number of ether oxygens (including phenoxy) is 1. The van der Waals surface area contributed by atoms with Gasteiger partial charge in [0.15, 0.2) is 12.3 Å². The molecule has 0 spiro atoms. The van der Waals surface area contributed by atoms with Crippen LogP contribution in [0.3, 0.4) is 0 Å². The summed E-state index contributed by atoms with van der Waals surface area (Å²) in [6, 6.07) is 13.0. The number of fused-ring (bicyclic) bond motifs is 1. The number of carbonyl (C=O) groups excluding carboxylic acids is 2. The maximum Gasteiger partial charge on any atom is 0.340 e. The van der Waals surface area contributed by atoms with E-state index in [1.165, 1.54) is 0 Å². The number of aryl methyl sites for hydroxylation is 1. The molecule has 1 amide bonds. The van der Waals surface area contributed by atoms with E-state index in [-0.39, 0.29) is 12.5 Å². The summed E-state index contributed by atoms with van der Waals surface area (Å²) in [5, 5.41) is 7.94. The van der Waals surface area contributed by atoms with Gasteiger partial charge in [0.25, 0.3) is 5.91 Å². The SMILES string of the molecule is Cc1nnc2ccc(C(=O)OCC(=O)N(Cc3ccccc3)C(C)(C)C)cn12. The van der Waals surface area contributed by atoms with Crippen molar-refractivity contribution in [2.75, 3.05) is 6.61 Å². The van der Waals surface area contributed by atoms with Crippen LogP contribution in [0.4, 0.5) is 0 Å². The Hall–Kier alpha value is -3.22. The molecule has 2 aromatic heterocycles. The molecule has 1 aromatic carbocycles.